The molecular weight excluding hydrogens is 256 g/mol. The minimum absolute atomic E-state index is 0.333. The van der Waals surface area contributed by atoms with E-state index in [0.717, 1.165) is 12.5 Å². The van der Waals surface area contributed by atoms with Gasteiger partial charge in [-0.1, -0.05) is 63.9 Å². The van der Waals surface area contributed by atoms with Crippen LogP contribution in [0.25, 0.3) is 0 Å². The minimum atomic E-state index is 0.333. The second-order valence-corrected chi connectivity index (χ2v) is 7.98. The van der Waals surface area contributed by atoms with Crippen LogP contribution in [0.2, 0.25) is 0 Å². The van der Waals surface area contributed by atoms with Crippen LogP contribution in [-0.4, -0.2) is 30.6 Å². The first-order valence-corrected chi connectivity index (χ1v) is 8.56. The Morgan fingerprint density at radius 1 is 1.14 bits per heavy atom. The summed E-state index contributed by atoms with van der Waals surface area (Å²) in [4.78, 5) is 2.74. The van der Waals surface area contributed by atoms with Crippen molar-refractivity contribution in [2.75, 3.05) is 19.6 Å². The third kappa shape index (κ3) is 3.87. The Labute approximate surface area is 129 Å². The summed E-state index contributed by atoms with van der Waals surface area (Å²) in [5.41, 5.74) is 1.80. The van der Waals surface area contributed by atoms with Crippen molar-refractivity contribution < 1.29 is 0 Å². The number of nitrogens with zero attached hydrogens (tertiary/aromatic N) is 1. The predicted molar refractivity (Wildman–Crippen MR) is 89.3 cm³/mol. The lowest BCUT2D eigenvalue weighted by Gasteiger charge is -2.45. The molecule has 3 rings (SSSR count). The maximum atomic E-state index is 3.80. The smallest absolute Gasteiger partial charge is 0.0473 e. The Balaban J connectivity index is 1.71. The molecule has 0 spiro atoms. The molecule has 1 N–H and O–H groups in total. The van der Waals surface area contributed by atoms with Gasteiger partial charge >= 0.3 is 0 Å². The van der Waals surface area contributed by atoms with E-state index >= 15 is 0 Å². The van der Waals surface area contributed by atoms with Crippen LogP contribution in [0, 0.1) is 11.3 Å². The van der Waals surface area contributed by atoms with Gasteiger partial charge in [0.05, 0.1) is 0 Å². The highest BCUT2D eigenvalue weighted by atomic mass is 15.2. The normalized spacial score (nSPS) is 27.8. The van der Waals surface area contributed by atoms with Gasteiger partial charge in [-0.25, -0.2) is 0 Å². The molecule has 0 amide bonds. The van der Waals surface area contributed by atoms with Gasteiger partial charge in [0.1, 0.15) is 0 Å². The lowest BCUT2D eigenvalue weighted by Crippen LogP contribution is -2.57. The topological polar surface area (TPSA) is 15.3 Å². The van der Waals surface area contributed by atoms with Crippen molar-refractivity contribution in [3.05, 3.63) is 35.9 Å². The highest BCUT2D eigenvalue weighted by molar-refractivity contribution is 5.20. The van der Waals surface area contributed by atoms with Crippen LogP contribution in [0.4, 0.5) is 0 Å². The Hall–Kier alpha value is -0.860. The summed E-state index contributed by atoms with van der Waals surface area (Å²) in [5.74, 6) is 1.02. The second kappa shape index (κ2) is 6.10. The van der Waals surface area contributed by atoms with Gasteiger partial charge in [-0.3, -0.25) is 4.90 Å². The molecule has 2 aliphatic rings. The average Bonchev–Trinajstić information content (AvgIpc) is 3.29. The molecule has 1 saturated heterocycles. The Morgan fingerprint density at radius 2 is 1.86 bits per heavy atom. The molecule has 2 atom stereocenters. The third-order valence-electron chi connectivity index (χ3n) is 5.17. The van der Waals surface area contributed by atoms with Crippen molar-refractivity contribution in [3.63, 3.8) is 0 Å². The van der Waals surface area contributed by atoms with Gasteiger partial charge < -0.3 is 5.32 Å². The van der Waals surface area contributed by atoms with Crippen molar-refractivity contribution in [1.82, 2.24) is 10.2 Å². The van der Waals surface area contributed by atoms with Gasteiger partial charge in [0.25, 0.3) is 0 Å². The van der Waals surface area contributed by atoms with Crippen molar-refractivity contribution in [3.8, 4) is 0 Å². The summed E-state index contributed by atoms with van der Waals surface area (Å²) in [7, 11) is 0. The van der Waals surface area contributed by atoms with E-state index in [2.05, 4.69) is 61.3 Å². The molecule has 0 radical (unpaired) electrons. The molecule has 2 nitrogen and oxygen atoms in total. The van der Waals surface area contributed by atoms with Gasteiger partial charge in [0.15, 0.2) is 0 Å². The fourth-order valence-electron chi connectivity index (χ4n) is 3.40. The van der Waals surface area contributed by atoms with E-state index in [4.69, 9.17) is 0 Å². The van der Waals surface area contributed by atoms with E-state index in [1.54, 1.807) is 0 Å². The molecule has 0 bridgehead atoms. The van der Waals surface area contributed by atoms with Crippen molar-refractivity contribution in [1.29, 1.82) is 0 Å². The molecule has 2 heteroatoms. The van der Waals surface area contributed by atoms with Crippen LogP contribution >= 0.6 is 0 Å². The molecular formula is C19H30N2. The van der Waals surface area contributed by atoms with E-state index in [9.17, 15) is 0 Å². The van der Waals surface area contributed by atoms with Gasteiger partial charge in [-0.2, -0.15) is 0 Å². The van der Waals surface area contributed by atoms with E-state index < -0.39 is 0 Å². The van der Waals surface area contributed by atoms with Gasteiger partial charge in [-0.05, 0) is 29.9 Å². The van der Waals surface area contributed by atoms with Crippen LogP contribution < -0.4 is 5.32 Å². The second-order valence-electron chi connectivity index (χ2n) is 7.98. The molecule has 1 aromatic rings. The molecule has 1 saturated carbocycles. The highest BCUT2D eigenvalue weighted by Gasteiger charge is 2.35. The summed E-state index contributed by atoms with van der Waals surface area (Å²) >= 11 is 0. The predicted octanol–water partition coefficient (Wildman–Crippen LogP) is 3.85. The summed E-state index contributed by atoms with van der Waals surface area (Å²) in [6.45, 7) is 10.6. The first-order chi connectivity index (χ1) is 10.0. The standard InChI is InChI=1S/C19H30N2/c1-19(2,3)18-14-21(12-11-15-9-10-15)17(13-20-18)16-7-5-4-6-8-16/h4-8,15,17-18,20H,9-14H2,1-3H3. The monoisotopic (exact) mass is 286 g/mol. The quantitative estimate of drug-likeness (QED) is 0.904. The Morgan fingerprint density at radius 3 is 2.48 bits per heavy atom. The van der Waals surface area contributed by atoms with Crippen molar-refractivity contribution in [2.24, 2.45) is 11.3 Å². The molecule has 2 fully saturated rings. The molecule has 1 aliphatic carbocycles. The minimum Gasteiger partial charge on any atom is -0.310 e. The number of rotatable bonds is 4. The lowest BCUT2D eigenvalue weighted by atomic mass is 9.84. The van der Waals surface area contributed by atoms with Crippen LogP contribution in [0.1, 0.15) is 51.6 Å². The number of hydrogen-bond donors (Lipinski definition) is 1. The molecule has 0 aromatic heterocycles. The number of piperazine rings is 1. The molecule has 1 aromatic carbocycles. The SMILES string of the molecule is CC(C)(C)C1CN(CCC2CC2)C(c2ccccc2)CN1. The summed E-state index contributed by atoms with van der Waals surface area (Å²) in [5, 5.41) is 3.80. The largest absolute Gasteiger partial charge is 0.310 e. The first-order valence-electron chi connectivity index (χ1n) is 8.56. The van der Waals surface area contributed by atoms with Gasteiger partial charge in [0.2, 0.25) is 0 Å². The van der Waals surface area contributed by atoms with E-state index in [0.29, 0.717) is 17.5 Å². The fraction of sp³-hybridized carbons (Fsp3) is 0.684. The summed E-state index contributed by atoms with van der Waals surface area (Å²) in [6.07, 6.45) is 4.32. The van der Waals surface area contributed by atoms with Crippen molar-refractivity contribution in [2.45, 2.75) is 52.1 Å². The molecule has 1 aliphatic heterocycles. The third-order valence-corrected chi connectivity index (χ3v) is 5.17. The molecule has 2 unspecified atom stereocenters. The Bertz CT molecular complexity index is 444. The van der Waals surface area contributed by atoms with Gasteiger partial charge in [0, 0.05) is 25.2 Å². The zero-order valence-electron chi connectivity index (χ0n) is 13.8. The van der Waals surface area contributed by atoms with Crippen LogP contribution in [0.3, 0.4) is 0 Å². The zero-order valence-corrected chi connectivity index (χ0v) is 13.8. The van der Waals surface area contributed by atoms with E-state index in [1.165, 1.54) is 37.9 Å². The molecule has 21 heavy (non-hydrogen) atoms. The molecule has 116 valence electrons. The zero-order chi connectivity index (χ0) is 14.9. The van der Waals surface area contributed by atoms with Crippen LogP contribution in [-0.2, 0) is 0 Å². The Kier molecular flexibility index (Phi) is 4.37. The maximum absolute atomic E-state index is 3.80. The van der Waals surface area contributed by atoms with Crippen molar-refractivity contribution >= 4 is 0 Å². The number of hydrogen-bond acceptors (Lipinski definition) is 2. The van der Waals surface area contributed by atoms with Crippen LogP contribution in [0.15, 0.2) is 30.3 Å². The summed E-state index contributed by atoms with van der Waals surface area (Å²) < 4.78 is 0. The van der Waals surface area contributed by atoms with E-state index in [1.807, 2.05) is 0 Å². The molecule has 1 heterocycles. The first kappa shape index (κ1) is 15.1. The van der Waals surface area contributed by atoms with Gasteiger partial charge in [-0.15, -0.1) is 0 Å². The highest BCUT2D eigenvalue weighted by Crippen LogP contribution is 2.35. The maximum Gasteiger partial charge on any atom is 0.0473 e. The summed E-state index contributed by atoms with van der Waals surface area (Å²) in [6, 6.07) is 12.2. The average molecular weight is 286 g/mol. The number of nitrogens with one attached hydrogen (secondary N) is 1. The van der Waals surface area contributed by atoms with E-state index in [-0.39, 0.29) is 0 Å². The van der Waals surface area contributed by atoms with Crippen LogP contribution in [0.5, 0.6) is 0 Å². The fourth-order valence-corrected chi connectivity index (χ4v) is 3.40. The number of benzene rings is 1. The lowest BCUT2D eigenvalue weighted by molar-refractivity contribution is 0.0831.